The first-order valence-corrected chi connectivity index (χ1v) is 5.45. The largest absolute Gasteiger partial charge is 0.388 e. The summed E-state index contributed by atoms with van der Waals surface area (Å²) >= 11 is 0. The molecule has 0 saturated carbocycles. The van der Waals surface area contributed by atoms with Crippen molar-refractivity contribution in [1.29, 1.82) is 0 Å². The van der Waals surface area contributed by atoms with Crippen LogP contribution in [0.3, 0.4) is 0 Å². The Morgan fingerprint density at radius 1 is 1.31 bits per heavy atom. The molecule has 4 heteroatoms. The minimum absolute atomic E-state index is 0.0738. The van der Waals surface area contributed by atoms with Crippen molar-refractivity contribution in [3.63, 3.8) is 0 Å². The Bertz CT molecular complexity index is 388. The molecule has 1 aromatic carbocycles. The van der Waals surface area contributed by atoms with Crippen LogP contribution in [0.1, 0.15) is 6.92 Å². The summed E-state index contributed by atoms with van der Waals surface area (Å²) in [6.07, 6.45) is 0. The molecule has 0 bridgehead atoms. The summed E-state index contributed by atoms with van der Waals surface area (Å²) in [5.41, 5.74) is 2.01. The summed E-state index contributed by atoms with van der Waals surface area (Å²) in [6.45, 7) is 2.81. The molecule has 86 valence electrons. The van der Waals surface area contributed by atoms with Gasteiger partial charge in [0, 0.05) is 38.1 Å². The second-order valence-electron chi connectivity index (χ2n) is 4.15. The predicted molar refractivity (Wildman–Crippen MR) is 66.0 cm³/mol. The fraction of sp³-hybridized carbons (Fsp3) is 0.417. The quantitative estimate of drug-likeness (QED) is 0.825. The van der Waals surface area contributed by atoms with Gasteiger partial charge in [0.25, 0.3) is 0 Å². The van der Waals surface area contributed by atoms with Gasteiger partial charge in [0.15, 0.2) is 0 Å². The van der Waals surface area contributed by atoms with E-state index in [0.29, 0.717) is 0 Å². The van der Waals surface area contributed by atoms with Gasteiger partial charge in [-0.05, 0) is 31.2 Å². The molecule has 2 amide bonds. The first-order chi connectivity index (χ1) is 7.63. The van der Waals surface area contributed by atoms with Crippen LogP contribution in [0.5, 0.6) is 0 Å². The van der Waals surface area contributed by atoms with Crippen LogP contribution in [-0.2, 0) is 0 Å². The summed E-state index contributed by atoms with van der Waals surface area (Å²) in [6, 6.07) is 8.24. The highest BCUT2D eigenvalue weighted by atomic mass is 16.2. The molecular weight excluding hydrogens is 202 g/mol. The van der Waals surface area contributed by atoms with E-state index in [4.69, 9.17) is 0 Å². The molecule has 0 aromatic heterocycles. The average molecular weight is 219 g/mol. The summed E-state index contributed by atoms with van der Waals surface area (Å²) in [7, 11) is 3.72. The summed E-state index contributed by atoms with van der Waals surface area (Å²) in [4.78, 5) is 15.5. The first kappa shape index (κ1) is 10.8. The van der Waals surface area contributed by atoms with Gasteiger partial charge in [0.2, 0.25) is 0 Å². The molecule has 1 aliphatic heterocycles. The van der Waals surface area contributed by atoms with Gasteiger partial charge in [-0.25, -0.2) is 4.79 Å². The standard InChI is InChI=1S/C12H17N3O/c1-9-8-15(12(16)14(9)3)11-6-4-10(13-2)5-7-11/h4-7,9,13H,8H2,1-3H3. The van der Waals surface area contributed by atoms with Gasteiger partial charge in [-0.2, -0.15) is 0 Å². The Balaban J connectivity index is 2.21. The lowest BCUT2D eigenvalue weighted by Crippen LogP contribution is -2.30. The summed E-state index contributed by atoms with van der Waals surface area (Å²) < 4.78 is 0. The molecule has 4 nitrogen and oxygen atoms in total. The number of benzene rings is 1. The number of nitrogens with one attached hydrogen (secondary N) is 1. The van der Waals surface area contributed by atoms with Crippen LogP contribution in [0.4, 0.5) is 16.2 Å². The van der Waals surface area contributed by atoms with Crippen molar-refractivity contribution < 1.29 is 4.79 Å². The van der Waals surface area contributed by atoms with E-state index < -0.39 is 0 Å². The highest BCUT2D eigenvalue weighted by Crippen LogP contribution is 2.23. The first-order valence-electron chi connectivity index (χ1n) is 5.45. The normalized spacial score (nSPS) is 20.4. The lowest BCUT2D eigenvalue weighted by Gasteiger charge is -2.16. The Labute approximate surface area is 95.8 Å². The molecule has 2 rings (SSSR count). The van der Waals surface area contributed by atoms with Gasteiger partial charge < -0.3 is 10.2 Å². The van der Waals surface area contributed by atoms with E-state index in [2.05, 4.69) is 12.2 Å². The van der Waals surface area contributed by atoms with Crippen LogP contribution in [0.25, 0.3) is 0 Å². The van der Waals surface area contributed by atoms with Crippen molar-refractivity contribution in [2.24, 2.45) is 0 Å². The second-order valence-corrected chi connectivity index (χ2v) is 4.15. The monoisotopic (exact) mass is 219 g/mol. The molecule has 1 saturated heterocycles. The Hall–Kier alpha value is -1.71. The maximum atomic E-state index is 11.9. The van der Waals surface area contributed by atoms with Crippen LogP contribution in [0.15, 0.2) is 24.3 Å². The molecule has 1 heterocycles. The second kappa shape index (κ2) is 4.04. The molecule has 1 aromatic rings. The van der Waals surface area contributed by atoms with E-state index in [1.165, 1.54) is 0 Å². The third-order valence-corrected chi connectivity index (χ3v) is 3.11. The smallest absolute Gasteiger partial charge is 0.324 e. The number of anilines is 2. The number of rotatable bonds is 2. The molecule has 1 atom stereocenters. The van der Waals surface area contributed by atoms with Gasteiger partial charge in [-0.15, -0.1) is 0 Å². The number of hydrogen-bond acceptors (Lipinski definition) is 2. The molecule has 0 aliphatic carbocycles. The highest BCUT2D eigenvalue weighted by Gasteiger charge is 2.32. The van der Waals surface area contributed by atoms with Crippen LogP contribution >= 0.6 is 0 Å². The van der Waals surface area contributed by atoms with Crippen LogP contribution in [0, 0.1) is 0 Å². The number of amides is 2. The van der Waals surface area contributed by atoms with Crippen molar-refractivity contribution in [3.05, 3.63) is 24.3 Å². The van der Waals surface area contributed by atoms with E-state index >= 15 is 0 Å². The van der Waals surface area contributed by atoms with E-state index in [1.807, 2.05) is 43.3 Å². The Kier molecular flexibility index (Phi) is 2.73. The SMILES string of the molecule is CNc1ccc(N2CC(C)N(C)C2=O)cc1. The van der Waals surface area contributed by atoms with Gasteiger partial charge in [-0.1, -0.05) is 0 Å². The number of nitrogens with zero attached hydrogens (tertiary/aromatic N) is 2. The number of urea groups is 1. The Morgan fingerprint density at radius 3 is 2.38 bits per heavy atom. The fourth-order valence-corrected chi connectivity index (χ4v) is 1.87. The van der Waals surface area contributed by atoms with Crippen molar-refractivity contribution >= 4 is 17.4 Å². The fourth-order valence-electron chi connectivity index (χ4n) is 1.87. The van der Waals surface area contributed by atoms with Crippen molar-refractivity contribution in [3.8, 4) is 0 Å². The molecule has 0 radical (unpaired) electrons. The molecule has 1 aliphatic rings. The third-order valence-electron chi connectivity index (χ3n) is 3.11. The predicted octanol–water partition coefficient (Wildman–Crippen LogP) is 1.99. The highest BCUT2D eigenvalue weighted by molar-refractivity contribution is 5.94. The zero-order chi connectivity index (χ0) is 11.7. The summed E-state index contributed by atoms with van der Waals surface area (Å²) in [5, 5.41) is 3.06. The van der Waals surface area contributed by atoms with E-state index in [1.54, 1.807) is 4.90 Å². The van der Waals surface area contributed by atoms with Crippen molar-refractivity contribution in [2.45, 2.75) is 13.0 Å². The number of likely N-dealkylation sites (N-methyl/N-ethyl adjacent to an activating group) is 1. The number of carbonyl (C=O) groups is 1. The van der Waals surface area contributed by atoms with Crippen LogP contribution < -0.4 is 10.2 Å². The minimum atomic E-state index is 0.0738. The molecule has 1 N–H and O–H groups in total. The maximum Gasteiger partial charge on any atom is 0.324 e. The molecule has 16 heavy (non-hydrogen) atoms. The minimum Gasteiger partial charge on any atom is -0.388 e. The molecule has 1 unspecified atom stereocenters. The van der Waals surface area contributed by atoms with Gasteiger partial charge in [-0.3, -0.25) is 4.90 Å². The molecule has 0 spiro atoms. The van der Waals surface area contributed by atoms with Gasteiger partial charge >= 0.3 is 6.03 Å². The van der Waals surface area contributed by atoms with E-state index in [9.17, 15) is 4.79 Å². The van der Waals surface area contributed by atoms with Crippen molar-refractivity contribution in [2.75, 3.05) is 30.9 Å². The zero-order valence-electron chi connectivity index (χ0n) is 9.90. The lowest BCUT2D eigenvalue weighted by molar-refractivity contribution is 0.221. The topological polar surface area (TPSA) is 35.6 Å². The van der Waals surface area contributed by atoms with E-state index in [-0.39, 0.29) is 12.1 Å². The van der Waals surface area contributed by atoms with Gasteiger partial charge in [0.1, 0.15) is 0 Å². The Morgan fingerprint density at radius 2 is 1.94 bits per heavy atom. The molecular formula is C12H17N3O. The van der Waals surface area contributed by atoms with Gasteiger partial charge in [0.05, 0.1) is 0 Å². The lowest BCUT2D eigenvalue weighted by atomic mass is 10.2. The number of hydrogen-bond donors (Lipinski definition) is 1. The zero-order valence-corrected chi connectivity index (χ0v) is 9.90. The van der Waals surface area contributed by atoms with Crippen LogP contribution in [0.2, 0.25) is 0 Å². The van der Waals surface area contributed by atoms with Crippen molar-refractivity contribution in [1.82, 2.24) is 4.90 Å². The van der Waals surface area contributed by atoms with Crippen LogP contribution in [-0.4, -0.2) is 37.6 Å². The average Bonchev–Trinajstić information content (AvgIpc) is 2.57. The summed E-state index contributed by atoms with van der Waals surface area (Å²) in [5.74, 6) is 0. The maximum absolute atomic E-state index is 11.9. The molecule has 1 fully saturated rings. The number of carbonyl (C=O) groups excluding carboxylic acids is 1. The van der Waals surface area contributed by atoms with E-state index in [0.717, 1.165) is 17.9 Å². The third kappa shape index (κ3) is 1.71.